The smallest absolute Gasteiger partial charge is 0.343 e. The summed E-state index contributed by atoms with van der Waals surface area (Å²) in [6.45, 7) is 0.392. The van der Waals surface area contributed by atoms with E-state index in [9.17, 15) is 13.2 Å². The highest BCUT2D eigenvalue weighted by molar-refractivity contribution is 6.18. The Labute approximate surface area is 89.9 Å². The summed E-state index contributed by atoms with van der Waals surface area (Å²) in [7, 11) is 1.58. The number of rotatable bonds is 3. The molecule has 0 spiro atoms. The fourth-order valence-corrected chi connectivity index (χ4v) is 1.17. The van der Waals surface area contributed by atoms with Crippen molar-refractivity contribution in [1.29, 1.82) is 0 Å². The number of alkyl halides is 4. The normalized spacial score (nSPS) is 11.5. The highest BCUT2D eigenvalue weighted by atomic mass is 35.5. The number of halogens is 4. The van der Waals surface area contributed by atoms with E-state index in [0.717, 1.165) is 12.3 Å². The summed E-state index contributed by atoms with van der Waals surface area (Å²) in [5.41, 5.74) is -0.950. The summed E-state index contributed by atoms with van der Waals surface area (Å²) in [4.78, 5) is 8.58. The largest absolute Gasteiger partial charge is 0.433 e. The number of nitrogens with zero attached hydrogens (tertiary/aromatic N) is 3. The van der Waals surface area contributed by atoms with Gasteiger partial charge in [0.15, 0.2) is 0 Å². The SMILES string of the molecule is CN(CCCl)c1nccc(C(F)(F)F)n1. The predicted octanol–water partition coefficient (Wildman–Crippen LogP) is 2.17. The summed E-state index contributed by atoms with van der Waals surface area (Å²) in [5, 5.41) is 0. The van der Waals surface area contributed by atoms with Gasteiger partial charge in [-0.15, -0.1) is 11.6 Å². The molecule has 0 aliphatic rings. The molecule has 1 rings (SSSR count). The molecule has 15 heavy (non-hydrogen) atoms. The Hall–Kier alpha value is -1.04. The number of hydrogen-bond acceptors (Lipinski definition) is 3. The lowest BCUT2D eigenvalue weighted by Gasteiger charge is -2.16. The van der Waals surface area contributed by atoms with Crippen LogP contribution < -0.4 is 4.90 Å². The Kier molecular flexibility index (Phi) is 3.73. The van der Waals surface area contributed by atoms with Gasteiger partial charge in [0.05, 0.1) is 0 Å². The van der Waals surface area contributed by atoms with Gasteiger partial charge < -0.3 is 4.90 Å². The number of aromatic nitrogens is 2. The van der Waals surface area contributed by atoms with Crippen molar-refractivity contribution in [2.24, 2.45) is 0 Å². The molecule has 0 aliphatic carbocycles. The first-order chi connectivity index (χ1) is 6.95. The zero-order chi connectivity index (χ0) is 11.5. The highest BCUT2D eigenvalue weighted by Crippen LogP contribution is 2.27. The van der Waals surface area contributed by atoms with Crippen LogP contribution in [0, 0.1) is 0 Å². The minimum Gasteiger partial charge on any atom is -0.343 e. The lowest BCUT2D eigenvalue weighted by Crippen LogP contribution is -2.23. The molecule has 0 unspecified atom stereocenters. The van der Waals surface area contributed by atoms with Crippen molar-refractivity contribution in [1.82, 2.24) is 9.97 Å². The zero-order valence-corrected chi connectivity index (χ0v) is 8.68. The van der Waals surface area contributed by atoms with Crippen molar-refractivity contribution >= 4 is 17.5 Å². The second kappa shape index (κ2) is 4.65. The van der Waals surface area contributed by atoms with Gasteiger partial charge >= 0.3 is 6.18 Å². The van der Waals surface area contributed by atoms with Gasteiger partial charge in [0.25, 0.3) is 0 Å². The van der Waals surface area contributed by atoms with Crippen LogP contribution in [0.25, 0.3) is 0 Å². The summed E-state index contributed by atoms with van der Waals surface area (Å²) in [5.74, 6) is 0.321. The molecule has 0 aromatic carbocycles. The molecule has 0 aliphatic heterocycles. The van der Waals surface area contributed by atoms with Gasteiger partial charge in [-0.25, -0.2) is 9.97 Å². The molecule has 0 radical (unpaired) electrons. The maximum atomic E-state index is 12.3. The Morgan fingerprint density at radius 3 is 2.67 bits per heavy atom. The van der Waals surface area contributed by atoms with Gasteiger partial charge in [-0.1, -0.05) is 0 Å². The third kappa shape index (κ3) is 3.23. The van der Waals surface area contributed by atoms with E-state index in [2.05, 4.69) is 9.97 Å². The Bertz CT molecular complexity index is 329. The molecular weight excluding hydrogens is 231 g/mol. The highest BCUT2D eigenvalue weighted by Gasteiger charge is 2.32. The monoisotopic (exact) mass is 239 g/mol. The fourth-order valence-electron chi connectivity index (χ4n) is 0.917. The van der Waals surface area contributed by atoms with E-state index in [1.54, 1.807) is 7.05 Å². The van der Waals surface area contributed by atoms with Gasteiger partial charge in [-0.05, 0) is 6.07 Å². The van der Waals surface area contributed by atoms with Crippen molar-refractivity contribution in [3.8, 4) is 0 Å². The molecule has 0 amide bonds. The molecule has 84 valence electrons. The van der Waals surface area contributed by atoms with Crippen molar-refractivity contribution in [3.63, 3.8) is 0 Å². The summed E-state index contributed by atoms with van der Waals surface area (Å²) >= 11 is 5.46. The van der Waals surface area contributed by atoms with Gasteiger partial charge in [-0.3, -0.25) is 0 Å². The average molecular weight is 240 g/mol. The minimum absolute atomic E-state index is 0.0190. The minimum atomic E-state index is -4.44. The summed E-state index contributed by atoms with van der Waals surface area (Å²) in [6, 6.07) is 0.831. The second-order valence-electron chi connectivity index (χ2n) is 2.85. The van der Waals surface area contributed by atoms with E-state index in [1.807, 2.05) is 0 Å². The molecule has 3 nitrogen and oxygen atoms in total. The summed E-state index contributed by atoms with van der Waals surface area (Å²) in [6.07, 6.45) is -3.37. The van der Waals surface area contributed by atoms with E-state index in [0.29, 0.717) is 12.4 Å². The van der Waals surface area contributed by atoms with Crippen LogP contribution in [0.2, 0.25) is 0 Å². The van der Waals surface area contributed by atoms with Gasteiger partial charge in [0.1, 0.15) is 5.69 Å². The van der Waals surface area contributed by atoms with E-state index >= 15 is 0 Å². The molecule has 0 fully saturated rings. The molecule has 1 aromatic rings. The van der Waals surface area contributed by atoms with Crippen LogP contribution in [-0.4, -0.2) is 29.4 Å². The lowest BCUT2D eigenvalue weighted by molar-refractivity contribution is -0.141. The molecule has 0 atom stereocenters. The maximum absolute atomic E-state index is 12.3. The van der Waals surface area contributed by atoms with Crippen LogP contribution in [0.4, 0.5) is 19.1 Å². The maximum Gasteiger partial charge on any atom is 0.433 e. The van der Waals surface area contributed by atoms with E-state index < -0.39 is 11.9 Å². The van der Waals surface area contributed by atoms with Gasteiger partial charge in [-0.2, -0.15) is 13.2 Å². The molecule has 1 aromatic heterocycles. The Morgan fingerprint density at radius 2 is 2.13 bits per heavy atom. The molecule has 0 N–H and O–H groups in total. The molecule has 1 heterocycles. The fraction of sp³-hybridized carbons (Fsp3) is 0.500. The third-order valence-electron chi connectivity index (χ3n) is 1.69. The van der Waals surface area contributed by atoms with Crippen molar-refractivity contribution in [2.45, 2.75) is 6.18 Å². The van der Waals surface area contributed by atoms with Crippen LogP contribution in [0.3, 0.4) is 0 Å². The van der Waals surface area contributed by atoms with Crippen LogP contribution >= 0.6 is 11.6 Å². The number of anilines is 1. The quantitative estimate of drug-likeness (QED) is 0.757. The van der Waals surface area contributed by atoms with E-state index in [-0.39, 0.29) is 5.95 Å². The molecule has 7 heteroatoms. The first-order valence-electron chi connectivity index (χ1n) is 4.12. The standard InChI is InChI=1S/C8H9ClF3N3/c1-15(5-3-9)7-13-4-2-6(14-7)8(10,11)12/h2,4H,3,5H2,1H3. The van der Waals surface area contributed by atoms with Crippen LogP contribution in [0.15, 0.2) is 12.3 Å². The third-order valence-corrected chi connectivity index (χ3v) is 1.86. The molecular formula is C8H9ClF3N3. The predicted molar refractivity (Wildman–Crippen MR) is 51.0 cm³/mol. The second-order valence-corrected chi connectivity index (χ2v) is 3.23. The first-order valence-corrected chi connectivity index (χ1v) is 4.66. The zero-order valence-electron chi connectivity index (χ0n) is 7.92. The van der Waals surface area contributed by atoms with E-state index in [4.69, 9.17) is 11.6 Å². The average Bonchev–Trinajstić information content (AvgIpc) is 2.17. The van der Waals surface area contributed by atoms with Crippen molar-refractivity contribution in [3.05, 3.63) is 18.0 Å². The lowest BCUT2D eigenvalue weighted by atomic mass is 10.4. The van der Waals surface area contributed by atoms with Crippen molar-refractivity contribution in [2.75, 3.05) is 24.4 Å². The Morgan fingerprint density at radius 1 is 1.47 bits per heavy atom. The topological polar surface area (TPSA) is 29.0 Å². The molecule has 0 saturated carbocycles. The molecule has 0 bridgehead atoms. The molecule has 0 saturated heterocycles. The summed E-state index contributed by atoms with van der Waals surface area (Å²) < 4.78 is 36.8. The first kappa shape index (κ1) is 12.0. The Balaban J connectivity index is 2.92. The number of hydrogen-bond donors (Lipinski definition) is 0. The van der Waals surface area contributed by atoms with E-state index in [1.165, 1.54) is 4.90 Å². The van der Waals surface area contributed by atoms with Crippen molar-refractivity contribution < 1.29 is 13.2 Å². The van der Waals surface area contributed by atoms with Crippen LogP contribution in [0.5, 0.6) is 0 Å². The van der Waals surface area contributed by atoms with Crippen LogP contribution in [-0.2, 0) is 6.18 Å². The van der Waals surface area contributed by atoms with Gasteiger partial charge in [0.2, 0.25) is 5.95 Å². The van der Waals surface area contributed by atoms with Gasteiger partial charge in [0, 0.05) is 25.7 Å². The van der Waals surface area contributed by atoms with Crippen LogP contribution in [0.1, 0.15) is 5.69 Å².